The van der Waals surface area contributed by atoms with E-state index in [9.17, 15) is 50.2 Å². The van der Waals surface area contributed by atoms with Crippen LogP contribution in [0.2, 0.25) is 5.02 Å². The fraction of sp³-hybridized carbons (Fsp3) is 0. The van der Waals surface area contributed by atoms with E-state index in [1.807, 2.05) is 0 Å². The van der Waals surface area contributed by atoms with Crippen LogP contribution in [0.4, 0.5) is 0 Å². The van der Waals surface area contributed by atoms with Crippen molar-refractivity contribution in [3.63, 3.8) is 0 Å². The van der Waals surface area contributed by atoms with E-state index in [2.05, 4.69) is 19.3 Å². The summed E-state index contributed by atoms with van der Waals surface area (Å²) in [5.74, 6) is -1.23. The molecule has 0 saturated carbocycles. The molecule has 6 N–H and O–H groups in total. The lowest BCUT2D eigenvalue weighted by Crippen LogP contribution is -2.17. The maximum atomic E-state index is 13.9. The zero-order chi connectivity index (χ0) is 34.6. The molecule has 20 heteroatoms. The normalized spacial score (nSPS) is 12.8. The number of phenolic OH excluding ortho intramolecular Hbond substituents is 1. The third-order valence-corrected chi connectivity index (χ3v) is 10.5. The van der Waals surface area contributed by atoms with Crippen LogP contribution in [0.15, 0.2) is 76.3 Å². The largest absolute Gasteiger partial charge is 0.506 e. The maximum Gasteiger partial charge on any atom is 0.298 e. The number of nitrogens with one attached hydrogen (secondary N) is 2. The van der Waals surface area contributed by atoms with E-state index >= 15 is 0 Å². The molecule has 0 aliphatic carbocycles. The van der Waals surface area contributed by atoms with Crippen molar-refractivity contribution in [2.75, 3.05) is 0 Å². The van der Waals surface area contributed by atoms with Crippen LogP contribution < -0.4 is 21.7 Å². The molecule has 244 valence electrons. The fourth-order valence-electron chi connectivity index (χ4n) is 5.85. The summed E-state index contributed by atoms with van der Waals surface area (Å²) < 4.78 is 73.2. The number of hydrogen-bond donors (Lipinski definition) is 6. The van der Waals surface area contributed by atoms with Gasteiger partial charge in [-0.1, -0.05) is 16.6 Å². The number of hydrogen-bond acceptors (Lipinski definition) is 13. The SMILES string of the molecule is O=c1c2ccc(SOOO)cc2c(=O)c2c1cc(S(=O)(=O)O)c1[nH]c3c([nH]c12)c(Cl)cc1c(=O)c2ccc(S(=O)(=O)O)c(O)c2c(=O)c13. The van der Waals surface area contributed by atoms with Crippen molar-refractivity contribution in [2.45, 2.75) is 14.7 Å². The average molecular weight is 733 g/mol. The molecule has 0 radical (unpaired) electrons. The van der Waals surface area contributed by atoms with Gasteiger partial charge >= 0.3 is 0 Å². The number of rotatable bonds is 5. The quantitative estimate of drug-likeness (QED) is 0.0370. The molecule has 1 heterocycles. The molecule has 0 amide bonds. The van der Waals surface area contributed by atoms with Gasteiger partial charge in [-0.05, 0) is 42.5 Å². The van der Waals surface area contributed by atoms with Gasteiger partial charge in [-0.15, -0.1) is 4.33 Å². The van der Waals surface area contributed by atoms with Gasteiger partial charge in [0.05, 0.1) is 55.3 Å². The number of phenols is 1. The molecule has 7 rings (SSSR count). The molecule has 16 nitrogen and oxygen atoms in total. The van der Waals surface area contributed by atoms with Gasteiger partial charge in [0.25, 0.3) is 20.2 Å². The van der Waals surface area contributed by atoms with E-state index in [1.54, 1.807) is 0 Å². The van der Waals surface area contributed by atoms with Crippen LogP contribution in [0.3, 0.4) is 0 Å². The molecule has 6 aromatic carbocycles. The Morgan fingerprint density at radius 2 is 1.21 bits per heavy atom. The molecule has 0 atom stereocenters. The van der Waals surface area contributed by atoms with Crippen molar-refractivity contribution in [1.29, 1.82) is 0 Å². The molecule has 0 spiro atoms. The van der Waals surface area contributed by atoms with E-state index in [1.165, 1.54) is 18.2 Å². The smallest absolute Gasteiger partial charge is 0.298 e. The van der Waals surface area contributed by atoms with Crippen molar-refractivity contribution in [2.24, 2.45) is 0 Å². The van der Waals surface area contributed by atoms with Gasteiger partial charge in [-0.3, -0.25) is 28.3 Å². The minimum Gasteiger partial charge on any atom is -0.506 e. The summed E-state index contributed by atoms with van der Waals surface area (Å²) in [5, 5.41) is 19.3. The molecule has 48 heavy (non-hydrogen) atoms. The van der Waals surface area contributed by atoms with Gasteiger partial charge in [-0.2, -0.15) is 16.8 Å². The molecule has 0 unspecified atom stereocenters. The number of H-pyrrole nitrogens is 2. The van der Waals surface area contributed by atoms with Crippen LogP contribution in [-0.4, -0.2) is 46.3 Å². The molecule has 1 aromatic heterocycles. The van der Waals surface area contributed by atoms with Crippen LogP contribution in [-0.2, 0) is 29.6 Å². The molecule has 0 aliphatic heterocycles. The first-order valence-electron chi connectivity index (χ1n) is 12.9. The lowest BCUT2D eigenvalue weighted by Gasteiger charge is -2.14. The second-order valence-electron chi connectivity index (χ2n) is 10.4. The second-order valence-corrected chi connectivity index (χ2v) is 14.3. The summed E-state index contributed by atoms with van der Waals surface area (Å²) in [6.45, 7) is 0. The van der Waals surface area contributed by atoms with Crippen LogP contribution >= 0.6 is 23.6 Å². The van der Waals surface area contributed by atoms with Gasteiger partial charge in [0.1, 0.15) is 15.5 Å². The second kappa shape index (κ2) is 10.7. The molecule has 7 aromatic rings. The summed E-state index contributed by atoms with van der Waals surface area (Å²) in [6, 6.07) is 7.30. The van der Waals surface area contributed by atoms with Gasteiger partial charge in [-0.25, -0.2) is 5.26 Å². The summed E-state index contributed by atoms with van der Waals surface area (Å²) >= 11 is 7.03. The van der Waals surface area contributed by atoms with Crippen LogP contribution in [0.5, 0.6) is 5.75 Å². The number of aromatic amines is 2. The van der Waals surface area contributed by atoms with Crippen LogP contribution in [0, 0.1) is 0 Å². The van der Waals surface area contributed by atoms with Crippen molar-refractivity contribution in [1.82, 2.24) is 9.97 Å². The average Bonchev–Trinajstić information content (AvgIpc) is 3.02. The number of aromatic nitrogens is 2. The lowest BCUT2D eigenvalue weighted by molar-refractivity contribution is -0.432. The molecular formula is C28H13ClN2O14S3. The lowest BCUT2D eigenvalue weighted by atomic mass is 9.99. The predicted octanol–water partition coefficient (Wildman–Crippen LogP) is 3.42. The van der Waals surface area contributed by atoms with E-state index in [0.717, 1.165) is 24.3 Å². The Morgan fingerprint density at radius 1 is 0.625 bits per heavy atom. The van der Waals surface area contributed by atoms with Crippen LogP contribution in [0.1, 0.15) is 0 Å². The Balaban J connectivity index is 1.73. The van der Waals surface area contributed by atoms with Crippen molar-refractivity contribution in [3.05, 3.63) is 88.4 Å². The highest BCUT2D eigenvalue weighted by Gasteiger charge is 2.27. The zero-order valence-electron chi connectivity index (χ0n) is 23.0. The fourth-order valence-corrected chi connectivity index (χ4v) is 7.77. The van der Waals surface area contributed by atoms with E-state index in [0.29, 0.717) is 12.0 Å². The van der Waals surface area contributed by atoms with E-state index in [-0.39, 0.29) is 48.0 Å². The summed E-state index contributed by atoms with van der Waals surface area (Å²) in [4.78, 5) is 58.6. The predicted molar refractivity (Wildman–Crippen MR) is 173 cm³/mol. The number of aromatic hydroxyl groups is 1. The maximum absolute atomic E-state index is 13.9. The number of fused-ring (bicyclic) bond motifs is 8. The topological polar surface area (TPSA) is 268 Å². The van der Waals surface area contributed by atoms with Gasteiger partial charge in [0.2, 0.25) is 0 Å². The highest BCUT2D eigenvalue weighted by molar-refractivity contribution is 7.94. The summed E-state index contributed by atoms with van der Waals surface area (Å²) in [6.07, 6.45) is 0. The van der Waals surface area contributed by atoms with Gasteiger partial charge in [0, 0.05) is 31.8 Å². The molecule has 0 saturated heterocycles. The van der Waals surface area contributed by atoms with Crippen molar-refractivity contribution >= 4 is 109 Å². The van der Waals surface area contributed by atoms with Crippen molar-refractivity contribution in [3.8, 4) is 5.75 Å². The Labute approximate surface area is 272 Å². The number of halogens is 1. The first-order chi connectivity index (χ1) is 22.5. The monoisotopic (exact) mass is 732 g/mol. The first-order valence-corrected chi connectivity index (χ1v) is 16.9. The third kappa shape index (κ3) is 4.56. The zero-order valence-corrected chi connectivity index (χ0v) is 26.2. The first kappa shape index (κ1) is 31.9. The van der Waals surface area contributed by atoms with Crippen molar-refractivity contribution < 1.29 is 45.7 Å². The molecule has 0 fully saturated rings. The number of benzene rings is 6. The third-order valence-electron chi connectivity index (χ3n) is 7.82. The molecular weight excluding hydrogens is 720 g/mol. The minimum absolute atomic E-state index is 0.133. The Hall–Kier alpha value is -4.70. The van der Waals surface area contributed by atoms with E-state index in [4.69, 9.17) is 16.9 Å². The Morgan fingerprint density at radius 3 is 1.88 bits per heavy atom. The highest BCUT2D eigenvalue weighted by Crippen LogP contribution is 2.36. The minimum atomic E-state index is -5.19. The van der Waals surface area contributed by atoms with Gasteiger partial charge < -0.3 is 15.1 Å². The Kier molecular flexibility index (Phi) is 7.07. The summed E-state index contributed by atoms with van der Waals surface area (Å²) in [5.41, 5.74) is -5.15. The molecule has 0 aliphatic rings. The Bertz CT molecular complexity index is 3110. The standard InChI is InChI=1S/C28H13ClN2O14S3/c29-14-6-12-18(28(36)19-10(25(12)33)3-4-15(27(19)35)47(38,39)40)22-20(14)30-23-17-13(7-16(21(23)31-22)48(41,42)43)24(32)9-2-1-8(46-45-44-37)5-11(9)26(17)34/h1-7,30-31,35,37H,(H,38,39,40)(H,41,42,43). The van der Waals surface area contributed by atoms with E-state index < -0.39 is 84.6 Å². The van der Waals surface area contributed by atoms with Gasteiger partial charge in [0.15, 0.2) is 21.7 Å². The highest BCUT2D eigenvalue weighted by atomic mass is 35.5. The molecule has 0 bridgehead atoms. The summed E-state index contributed by atoms with van der Waals surface area (Å²) in [7, 11) is -10.3. The van der Waals surface area contributed by atoms with Crippen LogP contribution in [0.25, 0.3) is 65.2 Å².